The molecule has 2 unspecified atom stereocenters. The highest BCUT2D eigenvalue weighted by molar-refractivity contribution is 5.85. The van der Waals surface area contributed by atoms with Crippen LogP contribution < -0.4 is 0 Å². The molecule has 2 aliphatic carbocycles. The molecule has 122 valence electrons. The van der Waals surface area contributed by atoms with Crippen molar-refractivity contribution in [1.82, 2.24) is 0 Å². The Morgan fingerprint density at radius 3 is 1.56 bits per heavy atom. The number of hydrogen-bond donors (Lipinski definition) is 2. The van der Waals surface area contributed by atoms with Crippen molar-refractivity contribution in [3.05, 3.63) is 94.1 Å². The second-order valence-corrected chi connectivity index (χ2v) is 6.88. The first-order valence-electron chi connectivity index (χ1n) is 8.59. The molecule has 3 aromatic carbocycles. The van der Waals surface area contributed by atoms with Crippen LogP contribution in [0.5, 0.6) is 0 Å². The maximum atomic E-state index is 11.1. The molecular weight excluding hydrogens is 308 g/mol. The lowest BCUT2D eigenvalue weighted by Crippen LogP contribution is -2.05. The Morgan fingerprint density at radius 1 is 0.640 bits per heavy atom. The Labute approximate surface area is 146 Å². The van der Waals surface area contributed by atoms with Crippen molar-refractivity contribution in [2.24, 2.45) is 0 Å². The molecular formula is C23H18O2. The molecule has 2 aliphatic rings. The maximum Gasteiger partial charge on any atom is 0.101 e. The number of hydrogen-bond acceptors (Lipinski definition) is 2. The Kier molecular flexibility index (Phi) is 3.17. The summed E-state index contributed by atoms with van der Waals surface area (Å²) in [4.78, 5) is 0. The predicted molar refractivity (Wildman–Crippen MR) is 101 cm³/mol. The smallest absolute Gasteiger partial charge is 0.101 e. The van der Waals surface area contributed by atoms with Crippen LogP contribution in [-0.2, 0) is 0 Å². The fourth-order valence-corrected chi connectivity index (χ4v) is 4.01. The molecule has 0 saturated heterocycles. The molecule has 0 aromatic heterocycles. The summed E-state index contributed by atoms with van der Waals surface area (Å²) in [6, 6.07) is 20.2. The van der Waals surface area contributed by atoms with Gasteiger partial charge in [-0.1, -0.05) is 60.7 Å². The lowest BCUT2D eigenvalue weighted by Gasteiger charge is -2.18. The predicted octanol–water partition coefficient (Wildman–Crippen LogP) is 4.79. The Bertz CT molecular complexity index is 975. The standard InChI is InChI=1S/C23H18O2/c24-22-18-9-14-5-1-2-6-15(14)10-19(11-18)23(25)21-13-17-8-4-3-7-16(17)12-20(21)22/h1-10,12-13,22-25H,11H2. The third kappa shape index (κ3) is 2.26. The van der Waals surface area contributed by atoms with E-state index in [9.17, 15) is 10.2 Å². The van der Waals surface area contributed by atoms with Gasteiger partial charge >= 0.3 is 0 Å². The molecule has 0 spiro atoms. The topological polar surface area (TPSA) is 40.5 Å². The highest BCUT2D eigenvalue weighted by Gasteiger charge is 2.30. The van der Waals surface area contributed by atoms with E-state index in [1.807, 2.05) is 48.5 Å². The summed E-state index contributed by atoms with van der Waals surface area (Å²) in [7, 11) is 0. The van der Waals surface area contributed by atoms with Gasteiger partial charge in [-0.05, 0) is 62.7 Å². The summed E-state index contributed by atoms with van der Waals surface area (Å²) < 4.78 is 0. The number of benzene rings is 3. The van der Waals surface area contributed by atoms with Crippen LogP contribution in [0.15, 0.2) is 71.8 Å². The molecule has 0 fully saturated rings. The summed E-state index contributed by atoms with van der Waals surface area (Å²) in [5.74, 6) is 0. The van der Waals surface area contributed by atoms with E-state index in [-0.39, 0.29) is 0 Å². The molecule has 25 heavy (non-hydrogen) atoms. The van der Waals surface area contributed by atoms with Gasteiger partial charge in [0.15, 0.2) is 0 Å². The molecule has 0 amide bonds. The van der Waals surface area contributed by atoms with E-state index in [1.54, 1.807) is 0 Å². The van der Waals surface area contributed by atoms with Crippen molar-refractivity contribution in [2.45, 2.75) is 18.6 Å². The second-order valence-electron chi connectivity index (χ2n) is 6.88. The zero-order valence-electron chi connectivity index (χ0n) is 13.7. The normalized spacial score (nSPS) is 21.5. The number of fused-ring (bicyclic) bond motifs is 5. The van der Waals surface area contributed by atoms with Crippen LogP contribution >= 0.6 is 0 Å². The maximum absolute atomic E-state index is 11.1. The molecule has 2 heteroatoms. The molecule has 0 heterocycles. The van der Waals surface area contributed by atoms with Crippen molar-refractivity contribution < 1.29 is 10.2 Å². The van der Waals surface area contributed by atoms with E-state index in [4.69, 9.17) is 0 Å². The third-order valence-electron chi connectivity index (χ3n) is 5.33. The lowest BCUT2D eigenvalue weighted by molar-refractivity contribution is 0.206. The number of rotatable bonds is 0. The van der Waals surface area contributed by atoms with Crippen LogP contribution in [0.1, 0.15) is 40.9 Å². The summed E-state index contributed by atoms with van der Waals surface area (Å²) in [5.41, 5.74) is 5.65. The summed E-state index contributed by atoms with van der Waals surface area (Å²) in [5, 5.41) is 24.3. The monoisotopic (exact) mass is 326 g/mol. The van der Waals surface area contributed by atoms with Crippen LogP contribution in [0.4, 0.5) is 0 Å². The molecule has 2 atom stereocenters. The van der Waals surface area contributed by atoms with Crippen LogP contribution in [-0.4, -0.2) is 10.2 Å². The van der Waals surface area contributed by atoms with Gasteiger partial charge in [0.2, 0.25) is 0 Å². The first kappa shape index (κ1) is 14.6. The molecule has 0 saturated carbocycles. The first-order chi connectivity index (χ1) is 12.2. The van der Waals surface area contributed by atoms with E-state index in [1.165, 1.54) is 0 Å². The van der Waals surface area contributed by atoms with Gasteiger partial charge < -0.3 is 10.2 Å². The van der Waals surface area contributed by atoms with Gasteiger partial charge in [0.25, 0.3) is 0 Å². The Hall–Kier alpha value is -2.68. The summed E-state index contributed by atoms with van der Waals surface area (Å²) >= 11 is 0. The molecule has 2 bridgehead atoms. The van der Waals surface area contributed by atoms with E-state index in [0.717, 1.165) is 44.2 Å². The Balaban J connectivity index is 1.80. The number of aliphatic hydroxyl groups is 2. The summed E-state index contributed by atoms with van der Waals surface area (Å²) in [6.07, 6.45) is 3.32. The number of aliphatic hydroxyl groups excluding tert-OH is 2. The van der Waals surface area contributed by atoms with Gasteiger partial charge in [0.1, 0.15) is 12.2 Å². The fourth-order valence-electron chi connectivity index (χ4n) is 4.01. The van der Waals surface area contributed by atoms with E-state index in [0.29, 0.717) is 6.42 Å². The zero-order valence-corrected chi connectivity index (χ0v) is 13.7. The van der Waals surface area contributed by atoms with Crippen LogP contribution in [0.2, 0.25) is 0 Å². The van der Waals surface area contributed by atoms with Crippen LogP contribution in [0.25, 0.3) is 22.9 Å². The van der Waals surface area contributed by atoms with Crippen molar-refractivity contribution in [3.8, 4) is 0 Å². The van der Waals surface area contributed by atoms with Gasteiger partial charge in [-0.3, -0.25) is 0 Å². The van der Waals surface area contributed by atoms with E-state index in [2.05, 4.69) is 24.3 Å². The van der Waals surface area contributed by atoms with Crippen LogP contribution in [0, 0.1) is 0 Å². The van der Waals surface area contributed by atoms with E-state index >= 15 is 0 Å². The average Bonchev–Trinajstić information content (AvgIpc) is 2.89. The highest BCUT2D eigenvalue weighted by Crippen LogP contribution is 2.45. The van der Waals surface area contributed by atoms with Crippen molar-refractivity contribution >= 4 is 22.9 Å². The minimum atomic E-state index is -0.702. The zero-order chi connectivity index (χ0) is 17.0. The van der Waals surface area contributed by atoms with Crippen molar-refractivity contribution in [2.75, 3.05) is 0 Å². The minimum absolute atomic E-state index is 0.585. The quantitative estimate of drug-likeness (QED) is 0.623. The highest BCUT2D eigenvalue weighted by atomic mass is 16.3. The largest absolute Gasteiger partial charge is 0.384 e. The summed E-state index contributed by atoms with van der Waals surface area (Å²) in [6.45, 7) is 0. The molecule has 2 nitrogen and oxygen atoms in total. The molecule has 3 aromatic rings. The van der Waals surface area contributed by atoms with Gasteiger partial charge in [0.05, 0.1) is 0 Å². The molecule has 2 N–H and O–H groups in total. The molecule has 5 rings (SSSR count). The second kappa shape index (κ2) is 5.41. The van der Waals surface area contributed by atoms with Crippen LogP contribution in [0.3, 0.4) is 0 Å². The van der Waals surface area contributed by atoms with E-state index < -0.39 is 12.2 Å². The fraction of sp³-hybridized carbons (Fsp3) is 0.130. The third-order valence-corrected chi connectivity index (χ3v) is 5.33. The van der Waals surface area contributed by atoms with Gasteiger partial charge in [0, 0.05) is 0 Å². The molecule has 0 radical (unpaired) electrons. The minimum Gasteiger partial charge on any atom is -0.384 e. The van der Waals surface area contributed by atoms with Crippen molar-refractivity contribution in [3.63, 3.8) is 0 Å². The van der Waals surface area contributed by atoms with Gasteiger partial charge in [-0.2, -0.15) is 0 Å². The average molecular weight is 326 g/mol. The van der Waals surface area contributed by atoms with Crippen molar-refractivity contribution in [1.29, 1.82) is 0 Å². The molecule has 0 aliphatic heterocycles. The van der Waals surface area contributed by atoms with Gasteiger partial charge in [-0.25, -0.2) is 0 Å². The first-order valence-corrected chi connectivity index (χ1v) is 8.59. The lowest BCUT2D eigenvalue weighted by atomic mass is 9.92. The SMILES string of the molecule is OC1C2=Cc3ccccc3C=C(C2)C(O)c2cc3ccccc3cc21. The Morgan fingerprint density at radius 2 is 1.08 bits per heavy atom. The van der Waals surface area contributed by atoms with Gasteiger partial charge in [-0.15, -0.1) is 0 Å².